The summed E-state index contributed by atoms with van der Waals surface area (Å²) in [5.41, 5.74) is 5.79. The van der Waals surface area contributed by atoms with Gasteiger partial charge in [0.15, 0.2) is 5.69 Å². The molecule has 1 aliphatic heterocycles. The average Bonchev–Trinajstić information content (AvgIpc) is 3.38. The molecule has 3 N–H and O–H groups in total. The molecule has 4 heterocycles. The van der Waals surface area contributed by atoms with Gasteiger partial charge in [0.2, 0.25) is 0 Å². The summed E-state index contributed by atoms with van der Waals surface area (Å²) in [4.78, 5) is 24.3. The van der Waals surface area contributed by atoms with E-state index < -0.39 is 0 Å². The second-order valence-electron chi connectivity index (χ2n) is 9.82. The minimum Gasteiger partial charge on any atom is -0.393 e. The second kappa shape index (κ2) is 10.7. The van der Waals surface area contributed by atoms with Gasteiger partial charge in [-0.3, -0.25) is 24.8 Å². The van der Waals surface area contributed by atoms with Crippen molar-refractivity contribution in [1.29, 1.82) is 0 Å². The third-order valence-corrected chi connectivity index (χ3v) is 7.01. The van der Waals surface area contributed by atoms with E-state index in [-0.39, 0.29) is 23.5 Å². The van der Waals surface area contributed by atoms with E-state index in [1.807, 2.05) is 30.6 Å². The Morgan fingerprint density at radius 3 is 2.67 bits per heavy atom. The van der Waals surface area contributed by atoms with E-state index in [4.69, 9.17) is 0 Å². The van der Waals surface area contributed by atoms with E-state index in [0.717, 1.165) is 54.7 Å². The van der Waals surface area contributed by atoms with E-state index in [9.17, 15) is 14.3 Å². The van der Waals surface area contributed by atoms with E-state index in [1.54, 1.807) is 30.5 Å². The van der Waals surface area contributed by atoms with Crippen LogP contribution >= 0.6 is 0 Å². The third kappa shape index (κ3) is 5.55. The Hall–Kier alpha value is -4.47. The number of nitrogens with zero attached hydrogens (tertiary/aromatic N) is 4. The van der Waals surface area contributed by atoms with Crippen molar-refractivity contribution in [1.82, 2.24) is 25.1 Å². The van der Waals surface area contributed by atoms with Crippen LogP contribution in [0.3, 0.4) is 0 Å². The molecule has 1 saturated heterocycles. The SMILES string of the molecule is O=C(Nc1ccc(-c2cccc(F)c2)nc1)c1n[nH]c2ccc(-c3cncc(CN4CCC(O)CC4)c3)cc12. The molecule has 0 bridgehead atoms. The van der Waals surface area contributed by atoms with Crippen molar-refractivity contribution in [2.45, 2.75) is 25.5 Å². The third-order valence-electron chi connectivity index (χ3n) is 7.01. The predicted molar refractivity (Wildman–Crippen MR) is 147 cm³/mol. The van der Waals surface area contributed by atoms with Crippen LogP contribution in [-0.4, -0.2) is 55.3 Å². The number of carbonyl (C=O) groups excluding carboxylic acids is 1. The molecular weight excluding hydrogens is 495 g/mol. The largest absolute Gasteiger partial charge is 0.393 e. The summed E-state index contributed by atoms with van der Waals surface area (Å²) in [5, 5.41) is 20.5. The van der Waals surface area contributed by atoms with Crippen LogP contribution < -0.4 is 5.32 Å². The van der Waals surface area contributed by atoms with Crippen LogP contribution in [0.15, 0.2) is 79.3 Å². The fourth-order valence-electron chi connectivity index (χ4n) is 4.91. The highest BCUT2D eigenvalue weighted by Crippen LogP contribution is 2.27. The molecule has 0 unspecified atom stereocenters. The Labute approximate surface area is 224 Å². The molecule has 39 heavy (non-hydrogen) atoms. The van der Waals surface area contributed by atoms with Gasteiger partial charge >= 0.3 is 0 Å². The molecule has 9 heteroatoms. The number of likely N-dealkylation sites (tertiary alicyclic amines) is 1. The number of fused-ring (bicyclic) bond motifs is 1. The van der Waals surface area contributed by atoms with Crippen LogP contribution in [-0.2, 0) is 6.54 Å². The number of hydrogen-bond donors (Lipinski definition) is 3. The van der Waals surface area contributed by atoms with Crippen LogP contribution in [0.1, 0.15) is 28.9 Å². The number of anilines is 1. The number of aliphatic hydroxyl groups is 1. The van der Waals surface area contributed by atoms with E-state index in [2.05, 4.69) is 36.4 Å². The van der Waals surface area contributed by atoms with E-state index in [1.165, 1.54) is 12.1 Å². The molecule has 1 aliphatic rings. The number of carbonyl (C=O) groups is 1. The van der Waals surface area contributed by atoms with Gasteiger partial charge < -0.3 is 10.4 Å². The van der Waals surface area contributed by atoms with Crippen molar-refractivity contribution >= 4 is 22.5 Å². The molecule has 1 amide bonds. The lowest BCUT2D eigenvalue weighted by Gasteiger charge is -2.29. The van der Waals surface area contributed by atoms with Gasteiger partial charge in [-0.1, -0.05) is 18.2 Å². The number of aromatic nitrogens is 4. The number of hydrogen-bond acceptors (Lipinski definition) is 6. The normalized spacial score (nSPS) is 14.5. The molecule has 2 aromatic carbocycles. The number of nitrogens with one attached hydrogen (secondary N) is 2. The lowest BCUT2D eigenvalue weighted by atomic mass is 10.0. The Morgan fingerprint density at radius 2 is 1.87 bits per heavy atom. The summed E-state index contributed by atoms with van der Waals surface area (Å²) in [7, 11) is 0. The average molecular weight is 523 g/mol. The Bertz CT molecular complexity index is 1630. The quantitative estimate of drug-likeness (QED) is 0.289. The molecule has 3 aromatic heterocycles. The van der Waals surface area contributed by atoms with Gasteiger partial charge in [0.1, 0.15) is 5.82 Å². The van der Waals surface area contributed by atoms with Gasteiger partial charge in [-0.25, -0.2) is 4.39 Å². The number of pyridine rings is 2. The maximum Gasteiger partial charge on any atom is 0.276 e. The zero-order chi connectivity index (χ0) is 26.8. The van der Waals surface area contributed by atoms with Gasteiger partial charge in [0, 0.05) is 48.5 Å². The van der Waals surface area contributed by atoms with Crippen molar-refractivity contribution in [2.24, 2.45) is 0 Å². The molecule has 0 atom stereocenters. The number of halogens is 1. The predicted octanol–water partition coefficient (Wildman–Crippen LogP) is 5.04. The molecular formula is C30H27FN6O2. The topological polar surface area (TPSA) is 107 Å². The minimum atomic E-state index is -0.363. The number of amides is 1. The summed E-state index contributed by atoms with van der Waals surface area (Å²) in [5.74, 6) is -0.695. The van der Waals surface area contributed by atoms with Crippen LogP contribution in [0.2, 0.25) is 0 Å². The van der Waals surface area contributed by atoms with Gasteiger partial charge in [0.05, 0.1) is 29.2 Å². The molecule has 0 aliphatic carbocycles. The fraction of sp³-hybridized carbons (Fsp3) is 0.200. The smallest absolute Gasteiger partial charge is 0.276 e. The highest BCUT2D eigenvalue weighted by Gasteiger charge is 2.18. The Morgan fingerprint density at radius 1 is 1.00 bits per heavy atom. The first kappa shape index (κ1) is 24.8. The fourth-order valence-corrected chi connectivity index (χ4v) is 4.91. The Balaban J connectivity index is 1.20. The number of rotatable bonds is 6. The zero-order valence-corrected chi connectivity index (χ0v) is 21.1. The van der Waals surface area contributed by atoms with Crippen molar-refractivity contribution in [3.63, 3.8) is 0 Å². The number of benzene rings is 2. The minimum absolute atomic E-state index is 0.199. The lowest BCUT2D eigenvalue weighted by molar-refractivity contribution is 0.0792. The Kier molecular flexibility index (Phi) is 6.83. The number of piperidine rings is 1. The van der Waals surface area contributed by atoms with Crippen LogP contribution in [0.5, 0.6) is 0 Å². The highest BCUT2D eigenvalue weighted by molar-refractivity contribution is 6.11. The molecule has 5 aromatic rings. The van der Waals surface area contributed by atoms with E-state index >= 15 is 0 Å². The number of aromatic amines is 1. The zero-order valence-electron chi connectivity index (χ0n) is 21.1. The van der Waals surface area contributed by atoms with Crippen LogP contribution in [0.4, 0.5) is 10.1 Å². The second-order valence-corrected chi connectivity index (χ2v) is 9.82. The summed E-state index contributed by atoms with van der Waals surface area (Å²) in [6, 6.07) is 17.6. The van der Waals surface area contributed by atoms with Gasteiger partial charge in [-0.05, 0) is 66.4 Å². The van der Waals surface area contributed by atoms with Crippen LogP contribution in [0, 0.1) is 5.82 Å². The summed E-state index contributed by atoms with van der Waals surface area (Å²) in [6.45, 7) is 2.52. The number of H-pyrrole nitrogens is 1. The molecule has 8 nitrogen and oxygen atoms in total. The first-order valence-electron chi connectivity index (χ1n) is 12.9. The van der Waals surface area contributed by atoms with Crippen molar-refractivity contribution in [3.8, 4) is 22.4 Å². The standard InChI is InChI=1S/C30H27FN6O2/c31-23-3-1-2-21(13-23)27-7-5-24(17-33-27)34-30(39)29-26-14-20(4-6-28(26)35-36-29)22-12-19(15-32-16-22)18-37-10-8-25(38)9-11-37/h1-7,12-17,25,38H,8-11,18H2,(H,34,39)(H,35,36). The molecule has 1 fully saturated rings. The molecule has 0 spiro atoms. The van der Waals surface area contributed by atoms with Gasteiger partial charge in [-0.2, -0.15) is 5.10 Å². The maximum absolute atomic E-state index is 13.5. The van der Waals surface area contributed by atoms with Gasteiger partial charge in [0.25, 0.3) is 5.91 Å². The molecule has 0 radical (unpaired) electrons. The molecule has 0 saturated carbocycles. The van der Waals surface area contributed by atoms with Crippen molar-refractivity contribution in [2.75, 3.05) is 18.4 Å². The summed E-state index contributed by atoms with van der Waals surface area (Å²) in [6.07, 6.45) is 6.62. The lowest BCUT2D eigenvalue weighted by Crippen LogP contribution is -2.35. The van der Waals surface area contributed by atoms with Crippen molar-refractivity contribution in [3.05, 3.63) is 96.3 Å². The first-order valence-corrected chi connectivity index (χ1v) is 12.9. The monoisotopic (exact) mass is 522 g/mol. The molecule has 6 rings (SSSR count). The van der Waals surface area contributed by atoms with Crippen molar-refractivity contribution < 1.29 is 14.3 Å². The maximum atomic E-state index is 13.5. The molecule has 196 valence electrons. The summed E-state index contributed by atoms with van der Waals surface area (Å²) < 4.78 is 13.5. The van der Waals surface area contributed by atoms with Gasteiger partial charge in [-0.15, -0.1) is 0 Å². The number of aliphatic hydroxyl groups excluding tert-OH is 1. The summed E-state index contributed by atoms with van der Waals surface area (Å²) >= 11 is 0. The highest BCUT2D eigenvalue weighted by atomic mass is 19.1. The van der Waals surface area contributed by atoms with E-state index in [0.29, 0.717) is 22.3 Å². The van der Waals surface area contributed by atoms with Crippen LogP contribution in [0.25, 0.3) is 33.3 Å². The first-order chi connectivity index (χ1) is 19.0.